The van der Waals surface area contributed by atoms with Crippen molar-refractivity contribution in [1.29, 1.82) is 5.26 Å². The van der Waals surface area contributed by atoms with Crippen molar-refractivity contribution in [2.75, 3.05) is 24.2 Å². The lowest BCUT2D eigenvalue weighted by Crippen LogP contribution is -2.24. The summed E-state index contributed by atoms with van der Waals surface area (Å²) < 4.78 is 12.1. The fraction of sp³-hybridized carbons (Fsp3) is 0.172. The van der Waals surface area contributed by atoms with Crippen LogP contribution in [-0.2, 0) is 16.1 Å². The first-order valence-electron chi connectivity index (χ1n) is 12.1. The lowest BCUT2D eigenvalue weighted by molar-refractivity contribution is -0.125. The Morgan fingerprint density at radius 1 is 1.26 bits per heavy atom. The molecule has 0 aliphatic carbocycles. The summed E-state index contributed by atoms with van der Waals surface area (Å²) in [7, 11) is 1.73. The third kappa shape index (κ3) is 5.20. The van der Waals surface area contributed by atoms with Gasteiger partial charge in [0.1, 0.15) is 11.5 Å². The number of nitrogens with one attached hydrogen (secondary N) is 2. The molecule has 0 radical (unpaired) electrons. The van der Waals surface area contributed by atoms with Crippen LogP contribution in [0.3, 0.4) is 0 Å². The van der Waals surface area contributed by atoms with E-state index in [-0.39, 0.29) is 11.8 Å². The van der Waals surface area contributed by atoms with Gasteiger partial charge in [-0.05, 0) is 55.0 Å². The first kappa shape index (κ1) is 24.6. The van der Waals surface area contributed by atoms with Gasteiger partial charge >= 0.3 is 0 Å². The molecule has 190 valence electrons. The fourth-order valence-electron chi connectivity index (χ4n) is 4.19. The standard InChI is InChI=1S/C29H25N5O4/c1-18-23(22-4-3-5-25(28(22)37-18)38-21-9-6-19(15-30)7-10-21)17-34(2)27(36)11-8-20-14-24-29(32-16-20)33-26(35)12-13-31-24/h3-11,14,16,31H,12-13,17H2,1-2H3,(H,32,33,35)/b11-8+. The van der Waals surface area contributed by atoms with Gasteiger partial charge in [0.05, 0.1) is 17.3 Å². The number of likely N-dealkylation sites (N-methyl/N-ethyl adjacent to an activating group) is 1. The van der Waals surface area contributed by atoms with Crippen LogP contribution in [0.4, 0.5) is 11.5 Å². The average Bonchev–Trinajstić information content (AvgIpc) is 3.11. The molecule has 4 aromatic rings. The highest BCUT2D eigenvalue weighted by Gasteiger charge is 2.18. The number of amides is 2. The number of hydrogen-bond acceptors (Lipinski definition) is 7. The van der Waals surface area contributed by atoms with E-state index < -0.39 is 0 Å². The first-order valence-corrected chi connectivity index (χ1v) is 12.1. The van der Waals surface area contributed by atoms with E-state index in [1.165, 1.54) is 6.08 Å². The molecule has 0 saturated carbocycles. The van der Waals surface area contributed by atoms with Gasteiger partial charge in [0, 0.05) is 49.8 Å². The zero-order valence-corrected chi connectivity index (χ0v) is 20.9. The van der Waals surface area contributed by atoms with E-state index in [2.05, 4.69) is 21.7 Å². The third-order valence-corrected chi connectivity index (χ3v) is 6.22. The minimum atomic E-state index is -0.181. The van der Waals surface area contributed by atoms with Gasteiger partial charge in [0.15, 0.2) is 17.2 Å². The number of aromatic nitrogens is 1. The van der Waals surface area contributed by atoms with E-state index in [1.54, 1.807) is 48.5 Å². The molecule has 0 unspecified atom stereocenters. The number of furan rings is 1. The minimum absolute atomic E-state index is 0.0844. The topological polar surface area (TPSA) is 120 Å². The zero-order valence-electron chi connectivity index (χ0n) is 20.9. The van der Waals surface area contributed by atoms with Gasteiger partial charge in [-0.25, -0.2) is 4.98 Å². The number of pyridine rings is 1. The number of fused-ring (bicyclic) bond motifs is 2. The average molecular weight is 508 g/mol. The van der Waals surface area contributed by atoms with Crippen molar-refractivity contribution < 1.29 is 18.7 Å². The Morgan fingerprint density at radius 3 is 2.87 bits per heavy atom. The highest BCUT2D eigenvalue weighted by molar-refractivity contribution is 5.95. The Bertz CT molecular complexity index is 1600. The quantitative estimate of drug-likeness (QED) is 0.343. The molecule has 0 fully saturated rings. The molecule has 1 aliphatic rings. The predicted octanol–water partition coefficient (Wildman–Crippen LogP) is 5.23. The number of para-hydroxylation sites is 1. The number of hydrogen-bond donors (Lipinski definition) is 2. The number of ether oxygens (including phenoxy) is 1. The van der Waals surface area contributed by atoms with Crippen molar-refractivity contribution in [1.82, 2.24) is 9.88 Å². The number of benzene rings is 2. The summed E-state index contributed by atoms with van der Waals surface area (Å²) in [5, 5.41) is 15.8. The maximum atomic E-state index is 12.9. The van der Waals surface area contributed by atoms with Crippen LogP contribution in [0.1, 0.15) is 28.9 Å². The van der Waals surface area contributed by atoms with E-state index in [1.807, 2.05) is 31.2 Å². The van der Waals surface area contributed by atoms with Gasteiger partial charge in [0.25, 0.3) is 0 Å². The van der Waals surface area contributed by atoms with Crippen molar-refractivity contribution in [2.45, 2.75) is 19.9 Å². The normalized spacial score (nSPS) is 12.8. The molecule has 9 heteroatoms. The number of nitrogens with zero attached hydrogens (tertiary/aromatic N) is 3. The second kappa shape index (κ2) is 10.5. The maximum Gasteiger partial charge on any atom is 0.246 e. The Balaban J connectivity index is 1.31. The molecule has 3 heterocycles. The summed E-state index contributed by atoms with van der Waals surface area (Å²) in [6.07, 6.45) is 5.18. The molecule has 0 atom stereocenters. The number of anilines is 2. The van der Waals surface area contributed by atoms with Crippen molar-refractivity contribution >= 4 is 40.4 Å². The second-order valence-corrected chi connectivity index (χ2v) is 8.93. The van der Waals surface area contributed by atoms with Crippen LogP contribution in [0.5, 0.6) is 11.5 Å². The number of aryl methyl sites for hydroxylation is 1. The lowest BCUT2D eigenvalue weighted by Gasteiger charge is -2.15. The van der Waals surface area contributed by atoms with Crippen molar-refractivity contribution in [3.8, 4) is 17.6 Å². The molecule has 0 spiro atoms. The Morgan fingerprint density at radius 2 is 2.08 bits per heavy atom. The van der Waals surface area contributed by atoms with E-state index in [0.29, 0.717) is 53.7 Å². The van der Waals surface area contributed by atoms with E-state index in [0.717, 1.165) is 22.2 Å². The van der Waals surface area contributed by atoms with Gasteiger partial charge in [-0.15, -0.1) is 0 Å². The molecule has 2 N–H and O–H groups in total. The summed E-state index contributed by atoms with van der Waals surface area (Å²) in [4.78, 5) is 30.5. The SMILES string of the molecule is Cc1oc2c(Oc3ccc(C#N)cc3)cccc2c1CN(C)C(=O)/C=C/c1cnc2c(c1)NCCC(=O)N2. The van der Waals surface area contributed by atoms with Crippen LogP contribution >= 0.6 is 0 Å². The summed E-state index contributed by atoms with van der Waals surface area (Å²) in [5.74, 6) is 2.06. The summed E-state index contributed by atoms with van der Waals surface area (Å²) in [6, 6.07) is 16.4. The first-order chi connectivity index (χ1) is 18.4. The molecule has 0 saturated heterocycles. The van der Waals surface area contributed by atoms with Crippen LogP contribution in [0, 0.1) is 18.3 Å². The number of rotatable bonds is 6. The van der Waals surface area contributed by atoms with Crippen LogP contribution < -0.4 is 15.4 Å². The highest BCUT2D eigenvalue weighted by atomic mass is 16.5. The maximum absolute atomic E-state index is 12.9. The van der Waals surface area contributed by atoms with Crippen molar-refractivity contribution in [3.63, 3.8) is 0 Å². The fourth-order valence-corrected chi connectivity index (χ4v) is 4.19. The van der Waals surface area contributed by atoms with E-state index >= 15 is 0 Å². The molecule has 2 aromatic carbocycles. The minimum Gasteiger partial charge on any atom is -0.457 e. The largest absolute Gasteiger partial charge is 0.457 e. The highest BCUT2D eigenvalue weighted by Crippen LogP contribution is 2.35. The predicted molar refractivity (Wildman–Crippen MR) is 144 cm³/mol. The van der Waals surface area contributed by atoms with Crippen LogP contribution in [0.25, 0.3) is 17.0 Å². The molecule has 2 amide bonds. The Hall–Kier alpha value is -5.10. The molecule has 38 heavy (non-hydrogen) atoms. The molecular weight excluding hydrogens is 482 g/mol. The van der Waals surface area contributed by atoms with E-state index in [9.17, 15) is 9.59 Å². The molecule has 2 aromatic heterocycles. The summed E-state index contributed by atoms with van der Waals surface area (Å²) >= 11 is 0. The monoisotopic (exact) mass is 507 g/mol. The zero-order chi connectivity index (χ0) is 26.6. The Labute approximate surface area is 219 Å². The molecular formula is C29H25N5O4. The molecule has 9 nitrogen and oxygen atoms in total. The van der Waals surface area contributed by atoms with Crippen molar-refractivity contribution in [3.05, 3.63) is 83.3 Å². The number of nitriles is 1. The molecule has 0 bridgehead atoms. The van der Waals surface area contributed by atoms with E-state index in [4.69, 9.17) is 14.4 Å². The van der Waals surface area contributed by atoms with Crippen LogP contribution in [0.15, 0.2) is 65.2 Å². The van der Waals surface area contributed by atoms with Gasteiger partial charge in [-0.2, -0.15) is 5.26 Å². The van der Waals surface area contributed by atoms with Gasteiger partial charge < -0.3 is 24.7 Å². The summed E-state index contributed by atoms with van der Waals surface area (Å²) in [6.45, 7) is 2.73. The molecule has 1 aliphatic heterocycles. The third-order valence-electron chi connectivity index (χ3n) is 6.22. The lowest BCUT2D eigenvalue weighted by atomic mass is 10.1. The van der Waals surface area contributed by atoms with Crippen LogP contribution in [-0.4, -0.2) is 35.3 Å². The second-order valence-electron chi connectivity index (χ2n) is 8.93. The smallest absolute Gasteiger partial charge is 0.246 e. The number of carbonyl (C=O) groups excluding carboxylic acids is 2. The van der Waals surface area contributed by atoms with Crippen molar-refractivity contribution in [2.24, 2.45) is 0 Å². The van der Waals surface area contributed by atoms with Crippen LogP contribution in [0.2, 0.25) is 0 Å². The molecule has 5 rings (SSSR count). The van der Waals surface area contributed by atoms with Gasteiger partial charge in [-0.1, -0.05) is 12.1 Å². The Kier molecular flexibility index (Phi) is 6.78. The summed E-state index contributed by atoms with van der Waals surface area (Å²) in [5.41, 5.74) is 3.50. The van der Waals surface area contributed by atoms with Gasteiger partial charge in [-0.3, -0.25) is 9.59 Å². The van der Waals surface area contributed by atoms with Gasteiger partial charge in [0.2, 0.25) is 11.8 Å². The number of carbonyl (C=O) groups is 2.